The number of benzene rings is 2. The minimum Gasteiger partial charge on any atom is -0.505 e. The fourth-order valence-corrected chi connectivity index (χ4v) is 8.64. The molecule has 0 amide bonds. The largest absolute Gasteiger partial charge is 0.505 e. The topological polar surface area (TPSA) is 144 Å². The van der Waals surface area contributed by atoms with Gasteiger partial charge in [-0.2, -0.15) is 0 Å². The monoisotopic (exact) mass is 882 g/mol. The molecule has 8 rings (SSSR count). The van der Waals surface area contributed by atoms with Gasteiger partial charge in [0, 0.05) is 33.5 Å². The Kier molecular flexibility index (Phi) is 15.2. The molecule has 2 heterocycles. The maximum absolute atomic E-state index is 9.21. The van der Waals surface area contributed by atoms with Gasteiger partial charge in [-0.05, 0) is 112 Å². The van der Waals surface area contributed by atoms with Gasteiger partial charge in [0.05, 0.1) is 38.4 Å². The predicted molar refractivity (Wildman–Crippen MR) is 242 cm³/mol. The molecular formula is C47H41Cl3N10O2. The molecule has 15 heteroatoms. The van der Waals surface area contributed by atoms with Gasteiger partial charge in [0.2, 0.25) is 11.4 Å². The summed E-state index contributed by atoms with van der Waals surface area (Å²) in [6.45, 7) is 36.5. The summed E-state index contributed by atoms with van der Waals surface area (Å²) >= 11 is 14.4. The Morgan fingerprint density at radius 2 is 1.15 bits per heavy atom. The summed E-state index contributed by atoms with van der Waals surface area (Å²) in [4.78, 5) is 16.1. The van der Waals surface area contributed by atoms with Crippen LogP contribution in [0.1, 0.15) is 70.9 Å². The van der Waals surface area contributed by atoms with Gasteiger partial charge in [0.15, 0.2) is 4.30 Å². The third-order valence-electron chi connectivity index (χ3n) is 11.3. The van der Waals surface area contributed by atoms with Crippen LogP contribution in [0.3, 0.4) is 0 Å². The Hall–Kier alpha value is -6.60. The average molecular weight is 884 g/mol. The number of fused-ring (bicyclic) bond motifs is 4. The van der Waals surface area contributed by atoms with Gasteiger partial charge in [-0.15, -0.1) is 0 Å². The van der Waals surface area contributed by atoms with E-state index in [1.807, 2.05) is 44.2 Å². The molecule has 4 bridgehead atoms. The summed E-state index contributed by atoms with van der Waals surface area (Å²) in [7, 11) is 0. The third kappa shape index (κ3) is 10.5. The van der Waals surface area contributed by atoms with E-state index in [-0.39, 0.29) is 34.3 Å². The van der Waals surface area contributed by atoms with E-state index in [1.54, 1.807) is 44.2 Å². The molecule has 1 N–H and O–H groups in total. The number of nitrogens with zero attached hydrogens (tertiary/aromatic N) is 9. The first kappa shape index (κ1) is 46.5. The Balaban J connectivity index is 0.000000190. The summed E-state index contributed by atoms with van der Waals surface area (Å²) in [5.74, 6) is 3.32. The second-order valence-electron chi connectivity index (χ2n) is 15.9. The molecule has 2 fully saturated rings. The first-order valence-electron chi connectivity index (χ1n) is 19.6. The van der Waals surface area contributed by atoms with Crippen LogP contribution in [0.15, 0.2) is 112 Å². The normalized spacial score (nSPS) is 24.9. The lowest BCUT2D eigenvalue weighted by molar-refractivity contribution is 0.108. The highest BCUT2D eigenvalue weighted by molar-refractivity contribution is 6.63. The zero-order chi connectivity index (χ0) is 45.2. The highest BCUT2D eigenvalue weighted by atomic mass is 35.6. The standard InChI is InChI=1S/C23H20N4O.C16H10N6O.C7H10.CHCl3/c1-23(2)19(21(26-4)22(28-23)18(13-24)25-3)14-9-11-17(12-10-14)27-20-15-5-6-16(20)8-7-15;1-16(2)13(10-5-7-11(8-6-10)21-22-18)14(20-4)15(23-16)12(9-17)19-3;1-2-7-4-3-6(1)5-7;2-1(3)4/h5-6,9-12,15-16,20,27H,7-8H2,1-2H3;5-8H,1-2H3;1-2,6-7H,3-5H2;1H/b22-18+;15-12+;;. The van der Waals surface area contributed by atoms with E-state index in [0.717, 1.165) is 23.1 Å². The lowest BCUT2D eigenvalue weighted by atomic mass is 9.91. The van der Waals surface area contributed by atoms with E-state index in [9.17, 15) is 5.26 Å². The molecule has 6 aliphatic rings. The van der Waals surface area contributed by atoms with E-state index < -0.39 is 15.5 Å². The quantitative estimate of drug-likeness (QED) is 0.0604. The number of hydrogen-bond donors (Lipinski definition) is 1. The van der Waals surface area contributed by atoms with E-state index in [1.165, 1.54) is 32.1 Å². The number of halogens is 3. The molecular weight excluding hydrogens is 843 g/mol. The van der Waals surface area contributed by atoms with Crippen LogP contribution in [0.25, 0.3) is 41.0 Å². The molecule has 62 heavy (non-hydrogen) atoms. The van der Waals surface area contributed by atoms with E-state index in [2.05, 4.69) is 59.0 Å². The van der Waals surface area contributed by atoms with Crippen molar-refractivity contribution in [2.24, 2.45) is 28.8 Å². The van der Waals surface area contributed by atoms with Gasteiger partial charge in [-0.3, -0.25) is 0 Å². The van der Waals surface area contributed by atoms with Gasteiger partial charge in [-0.25, -0.2) is 29.9 Å². The van der Waals surface area contributed by atoms with E-state index in [0.29, 0.717) is 40.3 Å². The molecule has 2 aliphatic heterocycles. The molecule has 12 nitrogen and oxygen atoms in total. The molecule has 2 aromatic carbocycles. The number of ether oxygens (including phenoxy) is 2. The minimum absolute atomic E-state index is 0.0108. The Bertz CT molecular complexity index is 2510. The van der Waals surface area contributed by atoms with Crippen LogP contribution in [0.5, 0.6) is 0 Å². The van der Waals surface area contributed by atoms with Gasteiger partial charge in [0.25, 0.3) is 11.4 Å². The first-order valence-corrected chi connectivity index (χ1v) is 20.9. The second kappa shape index (κ2) is 20.3. The number of rotatable bonds is 5. The zero-order valence-corrected chi connectivity index (χ0v) is 36.7. The van der Waals surface area contributed by atoms with E-state index >= 15 is 0 Å². The number of allylic oxidation sites excluding steroid dienone is 4. The van der Waals surface area contributed by atoms with Crippen molar-refractivity contribution in [3.05, 3.63) is 174 Å². The molecule has 0 radical (unpaired) electrons. The van der Waals surface area contributed by atoms with Gasteiger partial charge in [0.1, 0.15) is 22.7 Å². The molecule has 4 aliphatic carbocycles. The smallest absolute Gasteiger partial charge is 0.292 e. The molecule has 4 atom stereocenters. The Morgan fingerprint density at radius 1 is 0.726 bits per heavy atom. The molecule has 2 aromatic rings. The van der Waals surface area contributed by atoms with E-state index in [4.69, 9.17) is 81.4 Å². The van der Waals surface area contributed by atoms with Crippen LogP contribution in [0.4, 0.5) is 11.4 Å². The molecule has 312 valence electrons. The lowest BCUT2D eigenvalue weighted by Gasteiger charge is -2.24. The number of nitriles is 2. The van der Waals surface area contributed by atoms with Crippen molar-refractivity contribution >= 4 is 57.3 Å². The Labute approximate surface area is 377 Å². The fourth-order valence-electron chi connectivity index (χ4n) is 8.64. The van der Waals surface area contributed by atoms with Crippen molar-refractivity contribution < 1.29 is 9.47 Å². The fraction of sp³-hybridized carbons (Fsp3) is 0.362. The summed E-state index contributed by atoms with van der Waals surface area (Å²) in [5, 5.41) is 25.4. The minimum atomic E-state index is -0.859. The number of alkyl halides is 3. The predicted octanol–water partition coefficient (Wildman–Crippen LogP) is 13.8. The van der Waals surface area contributed by atoms with Gasteiger partial charge in [-0.1, -0.05) is 101 Å². The van der Waals surface area contributed by atoms with Crippen molar-refractivity contribution in [2.45, 2.75) is 81.3 Å². The van der Waals surface area contributed by atoms with Crippen molar-refractivity contribution in [1.29, 1.82) is 10.5 Å². The second-order valence-corrected chi connectivity index (χ2v) is 17.9. The van der Waals surface area contributed by atoms with Crippen molar-refractivity contribution in [2.75, 3.05) is 5.32 Å². The van der Waals surface area contributed by atoms with Crippen LogP contribution >= 0.6 is 34.8 Å². The summed E-state index contributed by atoms with van der Waals surface area (Å²) in [6.07, 6.45) is 16.3. The molecule has 4 unspecified atom stereocenters. The van der Waals surface area contributed by atoms with Crippen LogP contribution in [-0.2, 0) is 9.47 Å². The summed E-state index contributed by atoms with van der Waals surface area (Å²) in [5.41, 5.74) is 11.1. The summed E-state index contributed by atoms with van der Waals surface area (Å²) < 4.78 is 10.8. The Morgan fingerprint density at radius 3 is 1.45 bits per heavy atom. The van der Waals surface area contributed by atoms with Crippen molar-refractivity contribution in [1.82, 2.24) is 0 Å². The first-order chi connectivity index (χ1) is 29.6. The van der Waals surface area contributed by atoms with Crippen LogP contribution < -0.4 is 5.32 Å². The number of anilines is 1. The summed E-state index contributed by atoms with van der Waals surface area (Å²) in [6, 6.07) is 18.8. The van der Waals surface area contributed by atoms with Crippen molar-refractivity contribution in [3.63, 3.8) is 0 Å². The van der Waals surface area contributed by atoms with Gasteiger partial charge >= 0.3 is 0 Å². The maximum Gasteiger partial charge on any atom is 0.292 e. The van der Waals surface area contributed by atoms with Crippen molar-refractivity contribution in [3.8, 4) is 12.1 Å². The number of azide groups is 1. The SMILES string of the molecule is C1=CC2CCC1C2.ClC(Cl)Cl.[C-]#[N+]C1=C(c2ccc(N=[N+]=[N-])cc2)C(C)(C)O/C1=C(\C#N)[N+]#[C-].[C-]#[N+]C1=C(c2ccc(NC3C4C=CC3CC4)cc2)C(C)(C)O/C1=C(\C#N)[N+]#[C-]. The van der Waals surface area contributed by atoms with Crippen LogP contribution in [-0.4, -0.2) is 21.5 Å². The van der Waals surface area contributed by atoms with Gasteiger partial charge < -0.3 is 14.8 Å². The molecule has 0 spiro atoms. The zero-order valence-electron chi connectivity index (χ0n) is 34.4. The lowest BCUT2D eigenvalue weighted by Crippen LogP contribution is -2.25. The highest BCUT2D eigenvalue weighted by Crippen LogP contribution is 2.48. The van der Waals surface area contributed by atoms with Crippen LogP contribution in [0.2, 0.25) is 0 Å². The molecule has 2 saturated carbocycles. The molecule has 0 saturated heterocycles. The number of nitrogens with one attached hydrogen (secondary N) is 1. The highest BCUT2D eigenvalue weighted by Gasteiger charge is 2.42. The average Bonchev–Trinajstić information content (AvgIpc) is 4.13. The number of hydrogen-bond acceptors (Lipinski definition) is 6. The van der Waals surface area contributed by atoms with Crippen LogP contribution in [0, 0.1) is 72.6 Å². The molecule has 0 aromatic heterocycles. The maximum atomic E-state index is 9.21. The third-order valence-corrected chi connectivity index (χ3v) is 11.3.